The van der Waals surface area contributed by atoms with Crippen molar-refractivity contribution < 1.29 is 13.2 Å². The summed E-state index contributed by atoms with van der Waals surface area (Å²) in [4.78, 5) is 3.78. The lowest BCUT2D eigenvalue weighted by atomic mass is 10.1. The normalized spacial score (nSPS) is 12.5. The smallest absolute Gasteiger partial charge is 0.303 e. The number of alkyl halides is 3. The van der Waals surface area contributed by atoms with Crippen LogP contribution in [0.4, 0.5) is 13.2 Å². The van der Waals surface area contributed by atoms with E-state index in [-0.39, 0.29) is 5.92 Å². The van der Waals surface area contributed by atoms with E-state index in [1.165, 1.54) is 4.57 Å². The lowest BCUT2D eigenvalue weighted by Crippen LogP contribution is -2.06. The van der Waals surface area contributed by atoms with Gasteiger partial charge in [-0.2, -0.15) is 18.3 Å². The number of hydrogen-bond acceptors (Lipinski definition) is 2. The predicted octanol–water partition coefficient (Wildman–Crippen LogP) is 3.97. The average Bonchev–Trinajstić information content (AvgIpc) is 3.02. The van der Waals surface area contributed by atoms with Crippen molar-refractivity contribution in [3.05, 3.63) is 42.1 Å². The molecular weight excluding hydrogens is 293 g/mol. The van der Waals surface area contributed by atoms with Gasteiger partial charge in [0, 0.05) is 23.7 Å². The van der Waals surface area contributed by atoms with Crippen molar-refractivity contribution >= 4 is 10.9 Å². The fourth-order valence-electron chi connectivity index (χ4n) is 2.37. The summed E-state index contributed by atoms with van der Waals surface area (Å²) in [5.41, 5.74) is 0.619. The van der Waals surface area contributed by atoms with Gasteiger partial charge in [-0.15, -0.1) is 0 Å². The largest absolute Gasteiger partial charge is 0.434 e. The van der Waals surface area contributed by atoms with Gasteiger partial charge < -0.3 is 4.57 Å². The van der Waals surface area contributed by atoms with Crippen molar-refractivity contribution in [3.8, 4) is 5.69 Å². The van der Waals surface area contributed by atoms with Crippen LogP contribution in [0.1, 0.15) is 25.4 Å². The van der Waals surface area contributed by atoms with Crippen LogP contribution >= 0.6 is 0 Å². The number of hydrogen-bond donors (Lipinski definition) is 1. The Balaban J connectivity index is 2.12. The molecule has 0 atom stereocenters. The second-order valence-electron chi connectivity index (χ2n) is 5.65. The molecule has 2 aromatic heterocycles. The molecule has 1 N–H and O–H groups in total. The van der Waals surface area contributed by atoms with Gasteiger partial charge in [-0.25, -0.2) is 4.98 Å². The van der Waals surface area contributed by atoms with Crippen LogP contribution in [0.5, 0.6) is 0 Å². The number of imidazole rings is 1. The van der Waals surface area contributed by atoms with E-state index in [2.05, 4.69) is 15.2 Å². The molecule has 0 saturated heterocycles. The van der Waals surface area contributed by atoms with E-state index in [1.54, 1.807) is 24.4 Å². The van der Waals surface area contributed by atoms with Crippen LogP contribution in [0.25, 0.3) is 16.6 Å². The second kappa shape index (κ2) is 5.15. The molecule has 3 aromatic rings. The molecule has 22 heavy (non-hydrogen) atoms. The minimum Gasteiger partial charge on any atom is -0.303 e. The molecule has 0 fully saturated rings. The van der Waals surface area contributed by atoms with Crippen molar-refractivity contribution in [3.63, 3.8) is 0 Å². The summed E-state index contributed by atoms with van der Waals surface area (Å²) in [5, 5.41) is 7.58. The minimum absolute atomic E-state index is 0.208. The molecule has 0 bridgehead atoms. The molecule has 1 aromatic carbocycles. The molecule has 0 saturated carbocycles. The first kappa shape index (κ1) is 14.6. The standard InChI is InChI=1S/C15H15F3N4/c1-9(2)5-14-20-13(15(16,17)18)8-22(14)11-3-4-12-10(6-11)7-19-21-12/h3-4,6-9H,5H2,1-2H3,(H,19,21). The van der Waals surface area contributed by atoms with E-state index in [4.69, 9.17) is 0 Å². The Morgan fingerprint density at radius 3 is 2.73 bits per heavy atom. The van der Waals surface area contributed by atoms with Gasteiger partial charge in [-0.3, -0.25) is 5.10 Å². The summed E-state index contributed by atoms with van der Waals surface area (Å²) in [6.07, 6.45) is -1.28. The molecule has 0 aliphatic rings. The minimum atomic E-state index is -4.45. The van der Waals surface area contributed by atoms with Crippen LogP contribution < -0.4 is 0 Å². The first-order valence-corrected chi connectivity index (χ1v) is 6.93. The highest BCUT2D eigenvalue weighted by molar-refractivity contribution is 5.80. The summed E-state index contributed by atoms with van der Waals surface area (Å²) < 4.78 is 40.4. The van der Waals surface area contributed by atoms with E-state index in [9.17, 15) is 13.2 Å². The number of benzene rings is 1. The maximum absolute atomic E-state index is 12.9. The van der Waals surface area contributed by atoms with Gasteiger partial charge in [0.1, 0.15) is 5.82 Å². The Labute approximate surface area is 125 Å². The summed E-state index contributed by atoms with van der Waals surface area (Å²) in [5.74, 6) is 0.616. The van der Waals surface area contributed by atoms with Crippen molar-refractivity contribution in [1.29, 1.82) is 0 Å². The van der Waals surface area contributed by atoms with E-state index >= 15 is 0 Å². The van der Waals surface area contributed by atoms with Gasteiger partial charge in [0.05, 0.1) is 11.7 Å². The molecule has 0 amide bonds. The third-order valence-electron chi connectivity index (χ3n) is 3.36. The van der Waals surface area contributed by atoms with Gasteiger partial charge in [-0.05, 0) is 24.1 Å². The monoisotopic (exact) mass is 308 g/mol. The third kappa shape index (κ3) is 2.70. The average molecular weight is 308 g/mol. The third-order valence-corrected chi connectivity index (χ3v) is 3.36. The van der Waals surface area contributed by atoms with Gasteiger partial charge in [0.15, 0.2) is 5.69 Å². The second-order valence-corrected chi connectivity index (χ2v) is 5.65. The van der Waals surface area contributed by atoms with Gasteiger partial charge in [-0.1, -0.05) is 13.8 Å². The molecule has 0 spiro atoms. The zero-order valence-corrected chi connectivity index (χ0v) is 12.1. The maximum Gasteiger partial charge on any atom is 0.434 e. The Morgan fingerprint density at radius 2 is 2.05 bits per heavy atom. The van der Waals surface area contributed by atoms with Crippen LogP contribution in [0.15, 0.2) is 30.6 Å². The fourth-order valence-corrected chi connectivity index (χ4v) is 2.37. The van der Waals surface area contributed by atoms with Crippen molar-refractivity contribution in [2.24, 2.45) is 5.92 Å². The van der Waals surface area contributed by atoms with Gasteiger partial charge in [0.2, 0.25) is 0 Å². The number of aromatic amines is 1. The molecular formula is C15H15F3N4. The Kier molecular flexibility index (Phi) is 3.42. The van der Waals surface area contributed by atoms with Crippen molar-refractivity contribution in [2.45, 2.75) is 26.4 Å². The molecule has 0 radical (unpaired) electrons. The summed E-state index contributed by atoms with van der Waals surface area (Å²) >= 11 is 0. The van der Waals surface area contributed by atoms with Crippen LogP contribution in [0.3, 0.4) is 0 Å². The summed E-state index contributed by atoms with van der Waals surface area (Å²) in [7, 11) is 0. The van der Waals surface area contributed by atoms with Crippen LogP contribution in [-0.4, -0.2) is 19.7 Å². The number of nitrogens with zero attached hydrogens (tertiary/aromatic N) is 3. The molecule has 116 valence electrons. The number of fused-ring (bicyclic) bond motifs is 1. The van der Waals surface area contributed by atoms with E-state index < -0.39 is 11.9 Å². The van der Waals surface area contributed by atoms with E-state index in [0.29, 0.717) is 17.9 Å². The van der Waals surface area contributed by atoms with Crippen LogP contribution in [-0.2, 0) is 12.6 Å². The zero-order valence-electron chi connectivity index (χ0n) is 12.1. The highest BCUT2D eigenvalue weighted by Gasteiger charge is 2.35. The van der Waals surface area contributed by atoms with Crippen molar-refractivity contribution in [2.75, 3.05) is 0 Å². The van der Waals surface area contributed by atoms with Crippen LogP contribution in [0.2, 0.25) is 0 Å². The van der Waals surface area contributed by atoms with Crippen molar-refractivity contribution in [1.82, 2.24) is 19.7 Å². The molecule has 3 rings (SSSR count). The number of halogens is 3. The highest BCUT2D eigenvalue weighted by Crippen LogP contribution is 2.30. The molecule has 0 aliphatic carbocycles. The lowest BCUT2D eigenvalue weighted by Gasteiger charge is -2.09. The lowest BCUT2D eigenvalue weighted by molar-refractivity contribution is -0.141. The van der Waals surface area contributed by atoms with Gasteiger partial charge in [0.25, 0.3) is 0 Å². The SMILES string of the molecule is CC(C)Cc1nc(C(F)(F)F)cn1-c1ccc2[nH]ncc2c1. The molecule has 0 unspecified atom stereocenters. The summed E-state index contributed by atoms with van der Waals surface area (Å²) in [6, 6.07) is 5.35. The predicted molar refractivity (Wildman–Crippen MR) is 76.8 cm³/mol. The quantitative estimate of drug-likeness (QED) is 0.796. The fraction of sp³-hybridized carbons (Fsp3) is 0.333. The van der Waals surface area contributed by atoms with E-state index in [1.807, 2.05) is 13.8 Å². The first-order chi connectivity index (χ1) is 10.3. The van der Waals surface area contributed by atoms with E-state index in [0.717, 1.165) is 17.1 Å². The molecule has 4 nitrogen and oxygen atoms in total. The molecule has 0 aliphatic heterocycles. The maximum atomic E-state index is 12.9. The number of H-pyrrole nitrogens is 1. The number of rotatable bonds is 3. The molecule has 2 heterocycles. The Morgan fingerprint density at radius 1 is 1.27 bits per heavy atom. The Bertz CT molecular complexity index is 799. The Hall–Kier alpha value is -2.31. The first-order valence-electron chi connectivity index (χ1n) is 6.93. The van der Waals surface area contributed by atoms with Crippen LogP contribution in [0, 0.1) is 5.92 Å². The zero-order chi connectivity index (χ0) is 15.9. The highest BCUT2D eigenvalue weighted by atomic mass is 19.4. The van der Waals surface area contributed by atoms with Gasteiger partial charge >= 0.3 is 6.18 Å². The number of nitrogens with one attached hydrogen (secondary N) is 1. The summed E-state index contributed by atoms with van der Waals surface area (Å²) in [6.45, 7) is 3.90. The topological polar surface area (TPSA) is 46.5 Å². The number of aromatic nitrogens is 4. The molecule has 7 heteroatoms.